The van der Waals surface area contributed by atoms with Crippen LogP contribution in [0.4, 0.5) is 0 Å². The van der Waals surface area contributed by atoms with Crippen LogP contribution in [0, 0.1) is 11.3 Å². The number of rotatable bonds is 7. The molecule has 0 amide bonds. The number of allylic oxidation sites excluding steroid dienone is 5. The summed E-state index contributed by atoms with van der Waals surface area (Å²) in [6, 6.07) is 0. The number of carbonyl (C=O) groups is 2. The Morgan fingerprint density at radius 3 is 2.74 bits per heavy atom. The summed E-state index contributed by atoms with van der Waals surface area (Å²) in [7, 11) is 0. The maximum Gasteiger partial charge on any atom is 0.302 e. The van der Waals surface area contributed by atoms with Crippen LogP contribution in [0.2, 0.25) is 0 Å². The zero-order valence-corrected chi connectivity index (χ0v) is 19.8. The lowest BCUT2D eigenvalue weighted by molar-refractivity contribution is -0.147. The van der Waals surface area contributed by atoms with Gasteiger partial charge in [-0.25, -0.2) is 0 Å². The average Bonchev–Trinajstić information content (AvgIpc) is 3.02. The van der Waals surface area contributed by atoms with Crippen molar-refractivity contribution in [3.8, 4) is 0 Å². The second kappa shape index (κ2) is 9.85. The zero-order chi connectivity index (χ0) is 22.6. The van der Waals surface area contributed by atoms with Gasteiger partial charge in [-0.05, 0) is 83.0 Å². The van der Waals surface area contributed by atoms with Gasteiger partial charge in [0, 0.05) is 19.8 Å². The summed E-state index contributed by atoms with van der Waals surface area (Å²) < 4.78 is 5.44. The highest BCUT2D eigenvalue weighted by Gasteiger charge is 2.44. The van der Waals surface area contributed by atoms with Crippen molar-refractivity contribution >= 4 is 11.8 Å². The minimum absolute atomic E-state index is 0.0406. The summed E-state index contributed by atoms with van der Waals surface area (Å²) in [4.78, 5) is 23.3. The fraction of sp³-hybridized carbons (Fsp3) is 0.704. The maximum absolute atomic E-state index is 12.1. The van der Waals surface area contributed by atoms with Gasteiger partial charge in [0.05, 0.1) is 0 Å². The minimum atomic E-state index is -1.22. The molecule has 0 aromatic carbocycles. The summed E-state index contributed by atoms with van der Waals surface area (Å²) >= 11 is 0. The van der Waals surface area contributed by atoms with Crippen LogP contribution < -0.4 is 0 Å². The van der Waals surface area contributed by atoms with Gasteiger partial charge in [0.15, 0.2) is 5.78 Å². The lowest BCUT2D eigenvalue weighted by Crippen LogP contribution is -2.32. The van der Waals surface area contributed by atoms with Gasteiger partial charge >= 0.3 is 5.97 Å². The molecule has 0 spiro atoms. The van der Waals surface area contributed by atoms with Gasteiger partial charge in [0.2, 0.25) is 0 Å². The molecule has 0 radical (unpaired) electrons. The SMILES string of the molecule is CC(=O)OC1CCC/C(=C/C=C2\CCC[C@]3(C)C(CCCC(=O)C(C)(C)O)=CCC23)C1. The van der Waals surface area contributed by atoms with E-state index in [-0.39, 0.29) is 23.3 Å². The van der Waals surface area contributed by atoms with Crippen LogP contribution >= 0.6 is 0 Å². The number of carbonyl (C=O) groups excluding carboxylic acids is 2. The van der Waals surface area contributed by atoms with E-state index < -0.39 is 5.60 Å². The van der Waals surface area contributed by atoms with Gasteiger partial charge in [0.25, 0.3) is 0 Å². The van der Waals surface area contributed by atoms with Crippen LogP contribution in [0.25, 0.3) is 0 Å². The van der Waals surface area contributed by atoms with Gasteiger partial charge in [-0.15, -0.1) is 0 Å². The summed E-state index contributed by atoms with van der Waals surface area (Å²) in [6.45, 7) is 7.06. The number of fused-ring (bicyclic) bond motifs is 1. The molecule has 0 aliphatic heterocycles. The monoisotopic (exact) mass is 428 g/mol. The molecule has 4 nitrogen and oxygen atoms in total. The second-order valence-corrected chi connectivity index (χ2v) is 10.5. The highest BCUT2D eigenvalue weighted by atomic mass is 16.5. The van der Waals surface area contributed by atoms with Crippen LogP contribution in [-0.4, -0.2) is 28.6 Å². The van der Waals surface area contributed by atoms with Gasteiger partial charge < -0.3 is 9.84 Å². The van der Waals surface area contributed by atoms with E-state index in [1.54, 1.807) is 19.4 Å². The first-order valence-corrected chi connectivity index (χ1v) is 12.1. The van der Waals surface area contributed by atoms with Crippen LogP contribution in [0.3, 0.4) is 0 Å². The summed E-state index contributed by atoms with van der Waals surface area (Å²) in [5.41, 5.74) is 3.43. The molecule has 172 valence electrons. The van der Waals surface area contributed by atoms with Crippen molar-refractivity contribution < 1.29 is 19.4 Å². The smallest absolute Gasteiger partial charge is 0.302 e. The molecule has 3 aliphatic carbocycles. The molecule has 0 bridgehead atoms. The molecule has 0 aromatic rings. The molecular weight excluding hydrogens is 388 g/mol. The van der Waals surface area contributed by atoms with Gasteiger partial charge in [-0.1, -0.05) is 41.9 Å². The minimum Gasteiger partial charge on any atom is -0.462 e. The lowest BCUT2D eigenvalue weighted by Gasteiger charge is -2.41. The Balaban J connectivity index is 1.62. The summed E-state index contributed by atoms with van der Waals surface area (Å²) in [5, 5.41) is 9.88. The van der Waals surface area contributed by atoms with Crippen molar-refractivity contribution in [3.05, 3.63) is 34.9 Å². The Kier molecular flexibility index (Phi) is 7.62. The molecule has 0 aromatic heterocycles. The summed E-state index contributed by atoms with van der Waals surface area (Å²) in [6.07, 6.45) is 18.0. The van der Waals surface area contributed by atoms with Crippen molar-refractivity contribution in [1.82, 2.24) is 0 Å². The fourth-order valence-electron chi connectivity index (χ4n) is 5.80. The Morgan fingerprint density at radius 2 is 2.03 bits per heavy atom. The third kappa shape index (κ3) is 5.97. The predicted octanol–water partition coefficient (Wildman–Crippen LogP) is 5.99. The highest BCUT2D eigenvalue weighted by molar-refractivity contribution is 5.86. The van der Waals surface area contributed by atoms with E-state index >= 15 is 0 Å². The average molecular weight is 429 g/mol. The Bertz CT molecular complexity index is 780. The largest absolute Gasteiger partial charge is 0.462 e. The van der Waals surface area contributed by atoms with Crippen molar-refractivity contribution in [3.63, 3.8) is 0 Å². The molecule has 2 unspecified atom stereocenters. The quantitative estimate of drug-likeness (QED) is 0.399. The van der Waals surface area contributed by atoms with E-state index in [0.717, 1.165) is 51.4 Å². The molecular formula is C27H40O4. The van der Waals surface area contributed by atoms with Crippen molar-refractivity contribution in [2.24, 2.45) is 11.3 Å². The van der Waals surface area contributed by atoms with Crippen LogP contribution in [0.1, 0.15) is 98.3 Å². The van der Waals surface area contributed by atoms with Crippen molar-refractivity contribution in [2.75, 3.05) is 0 Å². The zero-order valence-electron chi connectivity index (χ0n) is 19.8. The number of ketones is 1. The van der Waals surface area contributed by atoms with E-state index in [2.05, 4.69) is 25.2 Å². The Hall–Kier alpha value is -1.68. The predicted molar refractivity (Wildman–Crippen MR) is 123 cm³/mol. The van der Waals surface area contributed by atoms with Crippen LogP contribution in [0.5, 0.6) is 0 Å². The highest BCUT2D eigenvalue weighted by Crippen LogP contribution is 2.55. The molecule has 3 rings (SSSR count). The number of aliphatic hydroxyl groups is 1. The second-order valence-electron chi connectivity index (χ2n) is 10.5. The van der Waals surface area contributed by atoms with Gasteiger partial charge in [-0.3, -0.25) is 9.59 Å². The molecule has 4 heteroatoms. The van der Waals surface area contributed by atoms with Crippen LogP contribution in [0.15, 0.2) is 34.9 Å². The number of hydrogen-bond donors (Lipinski definition) is 1. The molecule has 2 fully saturated rings. The van der Waals surface area contributed by atoms with E-state index in [0.29, 0.717) is 12.3 Å². The molecule has 1 N–H and O–H groups in total. The number of ether oxygens (including phenoxy) is 1. The normalized spacial score (nSPS) is 31.5. The third-order valence-corrected chi connectivity index (χ3v) is 7.62. The van der Waals surface area contributed by atoms with E-state index in [1.165, 1.54) is 30.9 Å². The molecule has 0 saturated heterocycles. The maximum atomic E-state index is 12.1. The van der Waals surface area contributed by atoms with Crippen LogP contribution in [-0.2, 0) is 14.3 Å². The lowest BCUT2D eigenvalue weighted by atomic mass is 9.63. The van der Waals surface area contributed by atoms with Crippen molar-refractivity contribution in [1.29, 1.82) is 0 Å². The first-order chi connectivity index (χ1) is 14.6. The first-order valence-electron chi connectivity index (χ1n) is 12.1. The molecule has 2 saturated carbocycles. The van der Waals surface area contributed by atoms with Gasteiger partial charge in [0.1, 0.15) is 11.7 Å². The topological polar surface area (TPSA) is 63.6 Å². The Labute approximate surface area is 187 Å². The molecule has 0 heterocycles. The summed E-state index contributed by atoms with van der Waals surface area (Å²) in [5.74, 6) is 0.315. The van der Waals surface area contributed by atoms with Gasteiger partial charge in [-0.2, -0.15) is 0 Å². The van der Waals surface area contributed by atoms with E-state index in [4.69, 9.17) is 4.74 Å². The van der Waals surface area contributed by atoms with Crippen molar-refractivity contribution in [2.45, 2.75) is 110 Å². The molecule has 3 atom stereocenters. The molecule has 3 aliphatic rings. The molecule has 31 heavy (non-hydrogen) atoms. The van der Waals surface area contributed by atoms with E-state index in [9.17, 15) is 14.7 Å². The number of esters is 1. The first kappa shape index (κ1) is 24.0. The van der Waals surface area contributed by atoms with E-state index in [1.807, 2.05) is 0 Å². The fourth-order valence-corrected chi connectivity index (χ4v) is 5.80. The number of hydrogen-bond acceptors (Lipinski definition) is 4. The third-order valence-electron chi connectivity index (χ3n) is 7.62. The standard InChI is InChI=1S/C27H40O4/c1-19(28)31-23-11-5-8-20(18-23)13-14-21-9-7-17-27(4)22(15-16-24(21)27)10-6-12-25(29)26(2,3)30/h13-15,23-24,30H,5-12,16-18H2,1-4H3/b20-13-,21-14+/t23?,24?,27-/m1/s1. The number of Topliss-reactive ketones (excluding diaryl/α,β-unsaturated/α-hetero) is 1. The Morgan fingerprint density at radius 1 is 1.26 bits per heavy atom.